The molecule has 0 atom stereocenters. The molecular weight excluding hydrogens is 400 g/mol. The Balaban J connectivity index is 1.88. The first kappa shape index (κ1) is 19.7. The molecule has 8 heteroatoms. The van der Waals surface area contributed by atoms with E-state index in [9.17, 15) is 8.42 Å². The SMILES string of the molecule is CCOc1ccc(S(=O)(=O)c2nnn(-c3ccc(N)cc3)c2-c2ccccc2)cc1. The molecule has 30 heavy (non-hydrogen) atoms. The molecule has 1 heterocycles. The van der Waals surface area contributed by atoms with Crippen molar-refractivity contribution in [3.05, 3.63) is 78.9 Å². The molecule has 0 saturated carbocycles. The van der Waals surface area contributed by atoms with Crippen molar-refractivity contribution >= 4 is 15.5 Å². The second kappa shape index (κ2) is 8.00. The van der Waals surface area contributed by atoms with Gasteiger partial charge >= 0.3 is 0 Å². The summed E-state index contributed by atoms with van der Waals surface area (Å²) in [5, 5.41) is 8.10. The highest BCUT2D eigenvalue weighted by Gasteiger charge is 2.29. The van der Waals surface area contributed by atoms with Gasteiger partial charge in [-0.1, -0.05) is 35.5 Å². The van der Waals surface area contributed by atoms with Crippen LogP contribution in [0.4, 0.5) is 5.69 Å². The predicted octanol–water partition coefficient (Wildman–Crippen LogP) is 3.75. The first-order chi connectivity index (χ1) is 14.5. The van der Waals surface area contributed by atoms with E-state index in [0.29, 0.717) is 35.0 Å². The van der Waals surface area contributed by atoms with Crippen molar-refractivity contribution in [3.8, 4) is 22.7 Å². The number of ether oxygens (including phenoxy) is 1. The summed E-state index contributed by atoms with van der Waals surface area (Å²) in [7, 11) is -3.92. The van der Waals surface area contributed by atoms with E-state index in [0.717, 1.165) is 0 Å². The lowest BCUT2D eigenvalue weighted by atomic mass is 10.1. The van der Waals surface area contributed by atoms with Crippen molar-refractivity contribution < 1.29 is 13.2 Å². The molecule has 7 nitrogen and oxygen atoms in total. The second-order valence-corrected chi connectivity index (χ2v) is 8.39. The van der Waals surface area contributed by atoms with Crippen LogP contribution in [0.5, 0.6) is 5.75 Å². The lowest BCUT2D eigenvalue weighted by Gasteiger charge is -2.10. The first-order valence-electron chi connectivity index (χ1n) is 9.35. The highest BCUT2D eigenvalue weighted by molar-refractivity contribution is 7.91. The minimum atomic E-state index is -3.92. The number of nitrogens with zero attached hydrogens (tertiary/aromatic N) is 3. The molecule has 2 N–H and O–H groups in total. The highest BCUT2D eigenvalue weighted by atomic mass is 32.2. The molecule has 0 saturated heterocycles. The number of benzene rings is 3. The normalized spacial score (nSPS) is 11.4. The van der Waals surface area contributed by atoms with Crippen LogP contribution in [0.2, 0.25) is 0 Å². The third-order valence-corrected chi connectivity index (χ3v) is 6.20. The van der Waals surface area contributed by atoms with E-state index >= 15 is 0 Å². The highest BCUT2D eigenvalue weighted by Crippen LogP contribution is 2.32. The number of anilines is 1. The fourth-order valence-corrected chi connectivity index (χ4v) is 4.40. The van der Waals surface area contributed by atoms with Crippen LogP contribution in [0.1, 0.15) is 6.92 Å². The maximum Gasteiger partial charge on any atom is 0.227 e. The fourth-order valence-electron chi connectivity index (χ4n) is 3.08. The summed E-state index contributed by atoms with van der Waals surface area (Å²) in [4.78, 5) is 0.118. The number of nitrogen functional groups attached to an aromatic ring is 1. The summed E-state index contributed by atoms with van der Waals surface area (Å²) in [6.45, 7) is 2.37. The fraction of sp³-hybridized carbons (Fsp3) is 0.0909. The summed E-state index contributed by atoms with van der Waals surface area (Å²) in [6.07, 6.45) is 0. The number of aromatic nitrogens is 3. The Kier molecular flexibility index (Phi) is 5.24. The Morgan fingerprint density at radius 2 is 1.60 bits per heavy atom. The van der Waals surface area contributed by atoms with Crippen LogP contribution in [0.3, 0.4) is 0 Å². The van der Waals surface area contributed by atoms with E-state index in [4.69, 9.17) is 10.5 Å². The molecule has 152 valence electrons. The van der Waals surface area contributed by atoms with Gasteiger partial charge in [0.2, 0.25) is 14.9 Å². The lowest BCUT2D eigenvalue weighted by Crippen LogP contribution is -2.06. The van der Waals surface area contributed by atoms with Crippen LogP contribution in [0.15, 0.2) is 88.8 Å². The standard InChI is InChI=1S/C22H20N4O3S/c1-2-29-19-12-14-20(15-13-19)30(27,28)22-21(16-6-4-3-5-7-16)26(25-24-22)18-10-8-17(23)9-11-18/h3-15H,2,23H2,1H3. The van der Waals surface area contributed by atoms with Crippen LogP contribution >= 0.6 is 0 Å². The van der Waals surface area contributed by atoms with Crippen molar-refractivity contribution in [2.24, 2.45) is 0 Å². The van der Waals surface area contributed by atoms with E-state index < -0.39 is 9.84 Å². The van der Waals surface area contributed by atoms with Crippen molar-refractivity contribution in [2.45, 2.75) is 16.8 Å². The number of rotatable bonds is 6. The molecule has 0 radical (unpaired) electrons. The molecule has 3 aromatic carbocycles. The topological polar surface area (TPSA) is 100 Å². The van der Waals surface area contributed by atoms with Crippen LogP contribution in [-0.4, -0.2) is 30.0 Å². The number of hydrogen-bond acceptors (Lipinski definition) is 6. The molecule has 4 rings (SSSR count). The Morgan fingerprint density at radius 1 is 0.933 bits per heavy atom. The van der Waals surface area contributed by atoms with Crippen LogP contribution in [0, 0.1) is 0 Å². The Morgan fingerprint density at radius 3 is 2.23 bits per heavy atom. The molecule has 0 unspecified atom stereocenters. The molecule has 0 aliphatic carbocycles. The van der Waals surface area contributed by atoms with Crippen LogP contribution in [0.25, 0.3) is 16.9 Å². The summed E-state index contributed by atoms with van der Waals surface area (Å²) in [5.74, 6) is 0.602. The zero-order valence-corrected chi connectivity index (χ0v) is 17.1. The van der Waals surface area contributed by atoms with Gasteiger partial charge < -0.3 is 10.5 Å². The van der Waals surface area contributed by atoms with Gasteiger partial charge in [0.15, 0.2) is 0 Å². The van der Waals surface area contributed by atoms with Crippen molar-refractivity contribution in [1.29, 1.82) is 0 Å². The molecule has 0 bridgehead atoms. The Bertz CT molecular complexity index is 1250. The Hall–Kier alpha value is -3.65. The first-order valence-corrected chi connectivity index (χ1v) is 10.8. The van der Waals surface area contributed by atoms with Gasteiger partial charge in [0.25, 0.3) is 0 Å². The molecule has 0 aliphatic rings. The average Bonchev–Trinajstić information content (AvgIpc) is 3.22. The van der Waals surface area contributed by atoms with E-state index in [2.05, 4.69) is 10.3 Å². The molecule has 1 aromatic heterocycles. The minimum Gasteiger partial charge on any atom is -0.494 e. The van der Waals surface area contributed by atoms with E-state index in [1.807, 2.05) is 37.3 Å². The maximum atomic E-state index is 13.4. The van der Waals surface area contributed by atoms with Crippen LogP contribution < -0.4 is 10.5 Å². The minimum absolute atomic E-state index is 0.116. The van der Waals surface area contributed by atoms with Gasteiger partial charge in [0.1, 0.15) is 11.4 Å². The summed E-state index contributed by atoms with van der Waals surface area (Å²) >= 11 is 0. The van der Waals surface area contributed by atoms with E-state index in [1.54, 1.807) is 36.4 Å². The quantitative estimate of drug-likeness (QED) is 0.477. The zero-order chi connectivity index (χ0) is 21.1. The van der Waals surface area contributed by atoms with Gasteiger partial charge in [-0.05, 0) is 55.5 Å². The Labute approximate surface area is 174 Å². The van der Waals surface area contributed by atoms with Gasteiger partial charge in [-0.3, -0.25) is 0 Å². The molecule has 4 aromatic rings. The summed E-state index contributed by atoms with van der Waals surface area (Å²) < 4.78 is 33.8. The van der Waals surface area contributed by atoms with E-state index in [-0.39, 0.29) is 9.92 Å². The van der Waals surface area contributed by atoms with Gasteiger partial charge in [-0.2, -0.15) is 0 Å². The lowest BCUT2D eigenvalue weighted by molar-refractivity contribution is 0.340. The van der Waals surface area contributed by atoms with Gasteiger partial charge in [-0.15, -0.1) is 5.10 Å². The molecule has 0 aliphatic heterocycles. The molecular formula is C22H20N4O3S. The number of hydrogen-bond donors (Lipinski definition) is 1. The number of nitrogens with two attached hydrogens (primary N) is 1. The van der Waals surface area contributed by atoms with Gasteiger partial charge in [-0.25, -0.2) is 13.1 Å². The van der Waals surface area contributed by atoms with E-state index in [1.165, 1.54) is 16.8 Å². The van der Waals surface area contributed by atoms with Crippen molar-refractivity contribution in [2.75, 3.05) is 12.3 Å². The smallest absolute Gasteiger partial charge is 0.227 e. The third kappa shape index (κ3) is 3.65. The predicted molar refractivity (Wildman–Crippen MR) is 114 cm³/mol. The van der Waals surface area contributed by atoms with Crippen molar-refractivity contribution in [3.63, 3.8) is 0 Å². The van der Waals surface area contributed by atoms with Crippen molar-refractivity contribution in [1.82, 2.24) is 15.0 Å². The average molecular weight is 420 g/mol. The molecule has 0 amide bonds. The second-order valence-electron chi connectivity index (χ2n) is 6.52. The summed E-state index contributed by atoms with van der Waals surface area (Å²) in [5.41, 5.74) is 8.11. The molecule has 0 spiro atoms. The zero-order valence-electron chi connectivity index (χ0n) is 16.3. The van der Waals surface area contributed by atoms with Crippen LogP contribution in [-0.2, 0) is 9.84 Å². The number of sulfone groups is 1. The monoisotopic (exact) mass is 420 g/mol. The van der Waals surface area contributed by atoms with Gasteiger partial charge in [0.05, 0.1) is 17.2 Å². The maximum absolute atomic E-state index is 13.4. The summed E-state index contributed by atoms with van der Waals surface area (Å²) in [6, 6.07) is 22.5. The molecule has 0 fully saturated rings. The largest absolute Gasteiger partial charge is 0.494 e. The third-order valence-electron chi connectivity index (χ3n) is 4.52. The van der Waals surface area contributed by atoms with Gasteiger partial charge in [0, 0.05) is 11.3 Å².